The summed E-state index contributed by atoms with van der Waals surface area (Å²) in [6.07, 6.45) is 0. The minimum absolute atomic E-state index is 0.266. The molecule has 1 aliphatic heterocycles. The summed E-state index contributed by atoms with van der Waals surface area (Å²) >= 11 is 1.32. The first-order chi connectivity index (χ1) is 19.1. The molecule has 1 aliphatic rings. The zero-order valence-electron chi connectivity index (χ0n) is 19.9. The van der Waals surface area contributed by atoms with E-state index in [0.717, 1.165) is 11.0 Å². The number of amides is 2. The number of anilines is 1. The summed E-state index contributed by atoms with van der Waals surface area (Å²) in [7, 11) is 0. The van der Waals surface area contributed by atoms with E-state index in [1.807, 2.05) is 47.8 Å². The molecule has 4 aromatic heterocycles. The van der Waals surface area contributed by atoms with Gasteiger partial charge in [0.1, 0.15) is 10.6 Å². The van der Waals surface area contributed by atoms with E-state index in [1.165, 1.54) is 16.2 Å². The molecule has 0 saturated heterocycles. The second-order valence-electron chi connectivity index (χ2n) is 9.59. The number of imide groups is 1. The lowest BCUT2D eigenvalue weighted by molar-refractivity contribution is 0.0894. The molecule has 0 radical (unpaired) electrons. The van der Waals surface area contributed by atoms with Gasteiger partial charge in [-0.3, -0.25) is 18.8 Å². The average molecular weight is 524 g/mol. The smallest absolute Gasteiger partial charge is 0.266 e. The number of rotatable bonds is 1. The van der Waals surface area contributed by atoms with Gasteiger partial charge in [-0.15, -0.1) is 11.3 Å². The molecule has 8 nitrogen and oxygen atoms in total. The van der Waals surface area contributed by atoms with Crippen LogP contribution in [0.1, 0.15) is 20.7 Å². The molecule has 182 valence electrons. The summed E-state index contributed by atoms with van der Waals surface area (Å²) in [5, 5.41) is 4.58. The summed E-state index contributed by atoms with van der Waals surface area (Å²) in [5.41, 5.74) is 5.12. The van der Waals surface area contributed by atoms with Crippen molar-refractivity contribution in [3.8, 4) is 0 Å². The van der Waals surface area contributed by atoms with Gasteiger partial charge in [-0.2, -0.15) is 0 Å². The van der Waals surface area contributed by atoms with E-state index in [0.29, 0.717) is 65.4 Å². The van der Waals surface area contributed by atoms with Crippen LogP contribution in [0, 0.1) is 0 Å². The van der Waals surface area contributed by atoms with E-state index in [-0.39, 0.29) is 5.56 Å². The topological polar surface area (TPSA) is 97.5 Å². The molecule has 2 amide bonds. The van der Waals surface area contributed by atoms with Gasteiger partial charge < -0.3 is 0 Å². The predicted octanol–water partition coefficient (Wildman–Crippen LogP) is 5.55. The lowest BCUT2D eigenvalue weighted by Crippen LogP contribution is -2.40. The molecule has 4 aromatic carbocycles. The molecule has 5 heterocycles. The van der Waals surface area contributed by atoms with Crippen molar-refractivity contribution in [2.75, 3.05) is 4.90 Å². The van der Waals surface area contributed by atoms with Gasteiger partial charge in [-0.25, -0.2) is 19.9 Å². The van der Waals surface area contributed by atoms with Crippen LogP contribution in [0.2, 0.25) is 0 Å². The summed E-state index contributed by atoms with van der Waals surface area (Å²) in [6, 6.07) is 21.8. The van der Waals surface area contributed by atoms with Crippen LogP contribution in [-0.2, 0) is 0 Å². The quantitative estimate of drug-likeness (QED) is 0.207. The van der Waals surface area contributed by atoms with E-state index >= 15 is 0 Å². The van der Waals surface area contributed by atoms with Crippen molar-refractivity contribution < 1.29 is 9.59 Å². The monoisotopic (exact) mass is 523 g/mol. The Balaban J connectivity index is 1.40. The van der Waals surface area contributed by atoms with Gasteiger partial charge in [-0.1, -0.05) is 12.1 Å². The number of para-hydroxylation sites is 2. The standard InChI is InChI=1S/C30H13N5O3S/c36-28-15-9-10-17-26-16(29(37)35(30(17)38)24-6-3-11-39-24)8-7-14(25(15)26)27-33-22-12-20-21(13-23(22)34(27)28)32-19-5-2-1-4-18(19)31-20/h1-13H. The first-order valence-corrected chi connectivity index (χ1v) is 13.1. The first kappa shape index (κ1) is 20.7. The molecular formula is C30H13N5O3S. The molecule has 0 atom stereocenters. The Morgan fingerprint density at radius 3 is 2.00 bits per heavy atom. The molecule has 9 rings (SSSR count). The Hall–Kier alpha value is -5.28. The zero-order chi connectivity index (χ0) is 26.0. The van der Waals surface area contributed by atoms with Crippen molar-refractivity contribution >= 4 is 88.4 Å². The molecular weight excluding hydrogens is 510 g/mol. The fraction of sp³-hybridized carbons (Fsp3) is 0. The molecule has 0 bridgehead atoms. The molecule has 8 aromatic rings. The van der Waals surface area contributed by atoms with Gasteiger partial charge in [0, 0.05) is 32.7 Å². The zero-order valence-corrected chi connectivity index (χ0v) is 20.7. The lowest BCUT2D eigenvalue weighted by Gasteiger charge is -2.26. The predicted molar refractivity (Wildman–Crippen MR) is 151 cm³/mol. The minimum atomic E-state index is -0.402. The Morgan fingerprint density at radius 1 is 0.615 bits per heavy atom. The fourth-order valence-electron chi connectivity index (χ4n) is 5.85. The van der Waals surface area contributed by atoms with Gasteiger partial charge in [0.15, 0.2) is 0 Å². The van der Waals surface area contributed by atoms with Gasteiger partial charge in [0.25, 0.3) is 17.4 Å². The van der Waals surface area contributed by atoms with Crippen LogP contribution in [0.5, 0.6) is 0 Å². The second-order valence-corrected chi connectivity index (χ2v) is 10.5. The molecule has 0 unspecified atom stereocenters. The van der Waals surface area contributed by atoms with Crippen molar-refractivity contribution in [1.82, 2.24) is 19.4 Å². The number of benzene rings is 4. The van der Waals surface area contributed by atoms with Gasteiger partial charge in [-0.05, 0) is 66.0 Å². The van der Waals surface area contributed by atoms with E-state index < -0.39 is 11.8 Å². The van der Waals surface area contributed by atoms with Crippen molar-refractivity contribution in [2.45, 2.75) is 0 Å². The highest BCUT2D eigenvalue weighted by Crippen LogP contribution is 2.39. The highest BCUT2D eigenvalue weighted by Gasteiger charge is 2.36. The van der Waals surface area contributed by atoms with E-state index in [9.17, 15) is 14.4 Å². The van der Waals surface area contributed by atoms with Crippen molar-refractivity contribution in [3.63, 3.8) is 0 Å². The third kappa shape index (κ3) is 2.52. The largest absolute Gasteiger partial charge is 0.268 e. The first-order valence-electron chi connectivity index (χ1n) is 12.2. The van der Waals surface area contributed by atoms with Gasteiger partial charge >= 0.3 is 0 Å². The highest BCUT2D eigenvalue weighted by atomic mass is 32.1. The number of imidazole rings is 1. The maximum Gasteiger partial charge on any atom is 0.266 e. The molecule has 9 heteroatoms. The third-order valence-corrected chi connectivity index (χ3v) is 8.40. The van der Waals surface area contributed by atoms with Crippen LogP contribution in [0.4, 0.5) is 5.00 Å². The molecule has 0 saturated carbocycles. The van der Waals surface area contributed by atoms with E-state index in [2.05, 4.69) is 0 Å². The number of pyridine rings is 1. The number of thiophene rings is 1. The normalized spacial score (nSPS) is 13.8. The van der Waals surface area contributed by atoms with Crippen molar-refractivity contribution in [2.24, 2.45) is 0 Å². The Labute approximate surface area is 221 Å². The summed E-state index contributed by atoms with van der Waals surface area (Å²) in [4.78, 5) is 56.6. The number of aromatic nitrogens is 4. The maximum atomic E-state index is 14.0. The SMILES string of the molecule is O=C1c2ccc3c(=O)n4c5cc6nc7ccccc7nc6cc5nc4c4ccc(c2c34)C(=O)N1c1cccs1. The van der Waals surface area contributed by atoms with Crippen LogP contribution in [0.25, 0.3) is 60.3 Å². The van der Waals surface area contributed by atoms with E-state index in [4.69, 9.17) is 15.0 Å². The minimum Gasteiger partial charge on any atom is -0.268 e. The number of carbonyl (C=O) groups excluding carboxylic acids is 2. The fourth-order valence-corrected chi connectivity index (χ4v) is 6.57. The van der Waals surface area contributed by atoms with Gasteiger partial charge in [0.05, 0.1) is 33.1 Å². The third-order valence-electron chi connectivity index (χ3n) is 7.54. The molecule has 0 spiro atoms. The second kappa shape index (κ2) is 6.97. The summed E-state index contributed by atoms with van der Waals surface area (Å²) < 4.78 is 1.59. The lowest BCUT2D eigenvalue weighted by atomic mass is 9.90. The highest BCUT2D eigenvalue weighted by molar-refractivity contribution is 7.14. The Kier molecular flexibility index (Phi) is 3.71. The average Bonchev–Trinajstić information content (AvgIpc) is 3.61. The Bertz CT molecular complexity index is 2440. The maximum absolute atomic E-state index is 14.0. The Morgan fingerprint density at radius 2 is 1.31 bits per heavy atom. The van der Waals surface area contributed by atoms with Crippen LogP contribution in [0.15, 0.2) is 83.0 Å². The van der Waals surface area contributed by atoms with Crippen LogP contribution >= 0.6 is 11.3 Å². The van der Waals surface area contributed by atoms with Crippen LogP contribution in [-0.4, -0.2) is 31.2 Å². The number of fused-ring (bicyclic) bond motifs is 6. The molecule has 0 aliphatic carbocycles. The number of hydrogen-bond donors (Lipinski definition) is 0. The molecule has 0 N–H and O–H groups in total. The van der Waals surface area contributed by atoms with Crippen LogP contribution < -0.4 is 10.5 Å². The van der Waals surface area contributed by atoms with E-state index in [1.54, 1.807) is 34.7 Å². The van der Waals surface area contributed by atoms with Crippen molar-refractivity contribution in [3.05, 3.63) is 99.7 Å². The number of nitrogens with zero attached hydrogens (tertiary/aromatic N) is 5. The molecule has 39 heavy (non-hydrogen) atoms. The summed E-state index contributed by atoms with van der Waals surface area (Å²) in [6.45, 7) is 0. The number of hydrogen-bond acceptors (Lipinski definition) is 7. The summed E-state index contributed by atoms with van der Waals surface area (Å²) in [5.74, 6) is -0.804. The van der Waals surface area contributed by atoms with Crippen LogP contribution in [0.3, 0.4) is 0 Å². The molecule has 0 fully saturated rings. The van der Waals surface area contributed by atoms with Gasteiger partial charge in [0.2, 0.25) is 0 Å². The van der Waals surface area contributed by atoms with Crippen molar-refractivity contribution in [1.29, 1.82) is 0 Å². The number of carbonyl (C=O) groups is 2.